The largest absolute Gasteiger partial charge is 0.478 e. The maximum Gasteiger partial charge on any atom is 0.335 e. The molecule has 0 bridgehead atoms. The van der Waals surface area contributed by atoms with Crippen molar-refractivity contribution in [3.63, 3.8) is 0 Å². The normalized spacial score (nSPS) is 15.2. The summed E-state index contributed by atoms with van der Waals surface area (Å²) in [6.45, 7) is 0. The van der Waals surface area contributed by atoms with E-state index < -0.39 is 5.97 Å². The van der Waals surface area contributed by atoms with Crippen molar-refractivity contribution in [2.24, 2.45) is 0 Å². The predicted octanol–water partition coefficient (Wildman–Crippen LogP) is 2.44. The van der Waals surface area contributed by atoms with Gasteiger partial charge in [-0.2, -0.15) is 0 Å². The molecule has 1 saturated carbocycles. The summed E-state index contributed by atoms with van der Waals surface area (Å²) < 4.78 is 0. The number of nitrogens with one attached hydrogen (secondary N) is 2. The third kappa shape index (κ3) is 1.52. The monoisotopic (exact) mass is 216 g/mol. The number of anilines is 1. The van der Waals surface area contributed by atoms with Gasteiger partial charge in [0.05, 0.1) is 11.3 Å². The molecular weight excluding hydrogens is 204 g/mol. The molecule has 82 valence electrons. The second kappa shape index (κ2) is 3.27. The van der Waals surface area contributed by atoms with Crippen LogP contribution in [0.4, 0.5) is 5.69 Å². The Labute approximate surface area is 92.3 Å². The first kappa shape index (κ1) is 9.27. The van der Waals surface area contributed by atoms with Crippen LogP contribution < -0.4 is 5.32 Å². The number of carboxylic acid groups (broad SMARTS) is 1. The van der Waals surface area contributed by atoms with Gasteiger partial charge in [-0.1, -0.05) is 0 Å². The second-order valence-corrected chi connectivity index (χ2v) is 4.19. The van der Waals surface area contributed by atoms with E-state index in [1.807, 2.05) is 6.20 Å². The number of benzene rings is 1. The van der Waals surface area contributed by atoms with Crippen molar-refractivity contribution in [3.05, 3.63) is 30.0 Å². The minimum Gasteiger partial charge on any atom is -0.478 e. The number of rotatable bonds is 3. The van der Waals surface area contributed by atoms with Crippen LogP contribution in [-0.2, 0) is 0 Å². The first-order valence-corrected chi connectivity index (χ1v) is 5.35. The quantitative estimate of drug-likeness (QED) is 0.738. The van der Waals surface area contributed by atoms with Gasteiger partial charge in [-0.3, -0.25) is 0 Å². The molecule has 0 atom stereocenters. The zero-order valence-corrected chi connectivity index (χ0v) is 8.66. The Morgan fingerprint density at radius 3 is 2.94 bits per heavy atom. The van der Waals surface area contributed by atoms with Gasteiger partial charge in [0.2, 0.25) is 0 Å². The molecule has 1 aromatic heterocycles. The predicted molar refractivity (Wildman–Crippen MR) is 61.9 cm³/mol. The van der Waals surface area contributed by atoms with E-state index in [4.69, 9.17) is 5.11 Å². The maximum absolute atomic E-state index is 10.9. The molecule has 0 spiro atoms. The van der Waals surface area contributed by atoms with Crippen molar-refractivity contribution in [2.75, 3.05) is 5.32 Å². The van der Waals surface area contributed by atoms with E-state index >= 15 is 0 Å². The summed E-state index contributed by atoms with van der Waals surface area (Å²) in [5.74, 6) is -0.888. The summed E-state index contributed by atoms with van der Waals surface area (Å²) >= 11 is 0. The lowest BCUT2D eigenvalue weighted by molar-refractivity contribution is 0.0697. The molecule has 2 aromatic rings. The molecule has 0 aliphatic heterocycles. The van der Waals surface area contributed by atoms with Crippen molar-refractivity contribution in [3.8, 4) is 0 Å². The Morgan fingerprint density at radius 2 is 2.25 bits per heavy atom. The Bertz CT molecular complexity index is 555. The number of aromatic nitrogens is 1. The fraction of sp³-hybridized carbons (Fsp3) is 0.250. The van der Waals surface area contributed by atoms with Gasteiger partial charge in [-0.05, 0) is 31.0 Å². The summed E-state index contributed by atoms with van der Waals surface area (Å²) in [6, 6.07) is 5.69. The van der Waals surface area contributed by atoms with Crippen molar-refractivity contribution >= 4 is 22.6 Å². The van der Waals surface area contributed by atoms with Gasteiger partial charge in [0, 0.05) is 23.1 Å². The number of aromatic amines is 1. The third-order valence-corrected chi connectivity index (χ3v) is 2.87. The van der Waals surface area contributed by atoms with Crippen LogP contribution in [0.5, 0.6) is 0 Å². The molecule has 0 amide bonds. The number of H-pyrrole nitrogens is 1. The minimum absolute atomic E-state index is 0.325. The smallest absolute Gasteiger partial charge is 0.335 e. The van der Waals surface area contributed by atoms with Gasteiger partial charge in [-0.25, -0.2) is 4.79 Å². The molecule has 4 nitrogen and oxygen atoms in total. The van der Waals surface area contributed by atoms with Crippen molar-refractivity contribution < 1.29 is 9.90 Å². The molecule has 1 aliphatic carbocycles. The summed E-state index contributed by atoms with van der Waals surface area (Å²) in [7, 11) is 0. The molecule has 3 N–H and O–H groups in total. The molecule has 1 aliphatic rings. The van der Waals surface area contributed by atoms with Gasteiger partial charge < -0.3 is 15.4 Å². The molecule has 0 radical (unpaired) electrons. The molecule has 1 fully saturated rings. The Morgan fingerprint density at radius 1 is 1.44 bits per heavy atom. The van der Waals surface area contributed by atoms with Gasteiger partial charge in [0.1, 0.15) is 0 Å². The van der Waals surface area contributed by atoms with Crippen molar-refractivity contribution in [1.82, 2.24) is 4.98 Å². The van der Waals surface area contributed by atoms with E-state index in [0.29, 0.717) is 11.6 Å². The average molecular weight is 216 g/mol. The zero-order valence-electron chi connectivity index (χ0n) is 8.66. The van der Waals surface area contributed by atoms with Gasteiger partial charge in [-0.15, -0.1) is 0 Å². The van der Waals surface area contributed by atoms with Crippen molar-refractivity contribution in [2.45, 2.75) is 18.9 Å². The van der Waals surface area contributed by atoms with E-state index in [2.05, 4.69) is 10.3 Å². The summed E-state index contributed by atoms with van der Waals surface area (Å²) in [5.41, 5.74) is 2.29. The lowest BCUT2D eigenvalue weighted by Gasteiger charge is -2.02. The number of carboxylic acids is 1. The third-order valence-electron chi connectivity index (χ3n) is 2.87. The number of hydrogen-bond acceptors (Lipinski definition) is 2. The van der Waals surface area contributed by atoms with E-state index in [1.54, 1.807) is 18.2 Å². The molecule has 0 saturated heterocycles. The van der Waals surface area contributed by atoms with Crippen LogP contribution in [0.2, 0.25) is 0 Å². The molecule has 1 heterocycles. The van der Waals surface area contributed by atoms with Gasteiger partial charge in [0.15, 0.2) is 0 Å². The van der Waals surface area contributed by atoms with Crippen LogP contribution in [0, 0.1) is 0 Å². The lowest BCUT2D eigenvalue weighted by atomic mass is 10.1. The highest BCUT2D eigenvalue weighted by Gasteiger charge is 2.22. The van der Waals surface area contributed by atoms with Crippen LogP contribution in [0.1, 0.15) is 23.2 Å². The number of hydrogen-bond donors (Lipinski definition) is 3. The van der Waals surface area contributed by atoms with Gasteiger partial charge >= 0.3 is 5.97 Å². The van der Waals surface area contributed by atoms with Gasteiger partial charge in [0.25, 0.3) is 0 Å². The highest BCUT2D eigenvalue weighted by Crippen LogP contribution is 2.30. The van der Waals surface area contributed by atoms with Crippen LogP contribution in [0.3, 0.4) is 0 Å². The summed E-state index contributed by atoms with van der Waals surface area (Å²) in [6.07, 6.45) is 4.30. The van der Waals surface area contributed by atoms with E-state index in [0.717, 1.165) is 16.6 Å². The fourth-order valence-electron chi connectivity index (χ4n) is 1.82. The molecular formula is C12H12N2O2. The highest BCUT2D eigenvalue weighted by molar-refractivity contribution is 5.98. The Kier molecular flexibility index (Phi) is 1.89. The van der Waals surface area contributed by atoms with E-state index in [-0.39, 0.29) is 0 Å². The van der Waals surface area contributed by atoms with E-state index in [9.17, 15) is 4.79 Å². The molecule has 4 heteroatoms. The van der Waals surface area contributed by atoms with Crippen molar-refractivity contribution in [1.29, 1.82) is 0 Å². The van der Waals surface area contributed by atoms with Crippen LogP contribution in [0.25, 0.3) is 10.9 Å². The SMILES string of the molecule is O=C(O)c1ccc2[nH]cc(NC3CC3)c2c1. The molecule has 16 heavy (non-hydrogen) atoms. The number of carbonyl (C=O) groups is 1. The molecule has 3 rings (SSSR count). The lowest BCUT2D eigenvalue weighted by Crippen LogP contribution is -2.00. The Hall–Kier alpha value is -1.97. The van der Waals surface area contributed by atoms with Crippen LogP contribution in [-0.4, -0.2) is 22.1 Å². The fourth-order valence-corrected chi connectivity index (χ4v) is 1.82. The average Bonchev–Trinajstić information content (AvgIpc) is 2.99. The minimum atomic E-state index is -0.888. The number of fused-ring (bicyclic) bond motifs is 1. The first-order valence-electron chi connectivity index (χ1n) is 5.35. The van der Waals surface area contributed by atoms with E-state index in [1.165, 1.54) is 12.8 Å². The number of aromatic carboxylic acids is 1. The highest BCUT2D eigenvalue weighted by atomic mass is 16.4. The zero-order chi connectivity index (χ0) is 11.1. The molecule has 1 aromatic carbocycles. The summed E-state index contributed by atoms with van der Waals surface area (Å²) in [4.78, 5) is 14.0. The van der Waals surface area contributed by atoms with Crippen LogP contribution >= 0.6 is 0 Å². The van der Waals surface area contributed by atoms with Crippen LogP contribution in [0.15, 0.2) is 24.4 Å². The maximum atomic E-state index is 10.9. The standard InChI is InChI=1S/C12H12N2O2/c15-12(16)7-1-4-10-9(5-7)11(6-13-10)14-8-2-3-8/h1,4-6,8,13-14H,2-3H2,(H,15,16). The topological polar surface area (TPSA) is 65.1 Å². The Balaban J connectivity index is 2.07. The second-order valence-electron chi connectivity index (χ2n) is 4.19. The summed E-state index contributed by atoms with van der Waals surface area (Å²) in [5, 5.41) is 13.3. The first-order chi connectivity index (χ1) is 7.74. The molecule has 0 unspecified atom stereocenters.